The molecule has 0 spiro atoms. The van der Waals surface area contributed by atoms with Crippen molar-refractivity contribution in [3.05, 3.63) is 59.8 Å². The Labute approximate surface area is 231 Å². The lowest BCUT2D eigenvalue weighted by Crippen LogP contribution is -2.51. The van der Waals surface area contributed by atoms with Gasteiger partial charge < -0.3 is 25.1 Å². The quantitative estimate of drug-likeness (QED) is 0.347. The molecule has 3 aromatic heterocycles. The van der Waals surface area contributed by atoms with Gasteiger partial charge in [-0.2, -0.15) is 0 Å². The summed E-state index contributed by atoms with van der Waals surface area (Å²) in [7, 11) is 3.79. The largest absolute Gasteiger partial charge is 0.483 e. The molecule has 1 aromatic carbocycles. The third kappa shape index (κ3) is 6.23. The summed E-state index contributed by atoms with van der Waals surface area (Å²) in [6, 6.07) is 8.89. The molecule has 0 aliphatic carbocycles. The van der Waals surface area contributed by atoms with Gasteiger partial charge in [-0.3, -0.25) is 14.6 Å². The number of benzene rings is 1. The number of carbonyl (C=O) groups is 2. The average molecular weight is 549 g/mol. The van der Waals surface area contributed by atoms with Gasteiger partial charge in [0.05, 0.1) is 23.6 Å². The third-order valence-corrected chi connectivity index (χ3v) is 6.78. The number of hydrogen-bond acceptors (Lipinski definition) is 9. The summed E-state index contributed by atoms with van der Waals surface area (Å²) in [6.45, 7) is 6.45. The Morgan fingerprint density at radius 1 is 1.15 bits per heavy atom. The number of carbonyl (C=O) groups excluding carboxylic acids is 1. The first-order valence-corrected chi connectivity index (χ1v) is 12.9. The topological polar surface area (TPSA) is 128 Å². The Bertz CT molecular complexity index is 1500. The number of likely N-dealkylation sites (N-methyl/N-ethyl adjacent to an activating group) is 1. The molecule has 11 nitrogen and oxygen atoms in total. The van der Waals surface area contributed by atoms with Gasteiger partial charge in [0.1, 0.15) is 23.5 Å². The van der Waals surface area contributed by atoms with Crippen LogP contribution in [0.2, 0.25) is 0 Å². The number of nitrogens with zero attached hydrogens (tertiary/aromatic N) is 7. The van der Waals surface area contributed by atoms with Gasteiger partial charge in [-0.1, -0.05) is 0 Å². The maximum atomic E-state index is 14.4. The van der Waals surface area contributed by atoms with E-state index in [9.17, 15) is 9.18 Å². The predicted molar refractivity (Wildman–Crippen MR) is 152 cm³/mol. The van der Waals surface area contributed by atoms with Crippen LogP contribution in [-0.4, -0.2) is 94.0 Å². The van der Waals surface area contributed by atoms with E-state index in [2.05, 4.69) is 38.2 Å². The molecule has 1 saturated heterocycles. The minimum atomic E-state index is -0.275. The minimum absolute atomic E-state index is 0.118. The zero-order valence-electron chi connectivity index (χ0n) is 23.0. The molecule has 1 fully saturated rings. The molecular weight excluding hydrogens is 515 g/mol. The number of aromatic nitrogens is 4. The lowest BCUT2D eigenvalue weighted by molar-refractivity contribution is -0.132. The first-order chi connectivity index (χ1) is 19.2. The van der Waals surface area contributed by atoms with E-state index in [1.165, 1.54) is 12.4 Å². The third-order valence-electron chi connectivity index (χ3n) is 6.78. The van der Waals surface area contributed by atoms with E-state index in [1.54, 1.807) is 19.2 Å². The van der Waals surface area contributed by atoms with Crippen LogP contribution in [0.15, 0.2) is 42.9 Å². The van der Waals surface area contributed by atoms with E-state index in [-0.39, 0.29) is 24.2 Å². The van der Waals surface area contributed by atoms with Crippen LogP contribution in [0.5, 0.6) is 0 Å². The van der Waals surface area contributed by atoms with Crippen LogP contribution in [0.3, 0.4) is 0 Å². The Balaban J connectivity index is 0.00000118. The van der Waals surface area contributed by atoms with Crippen molar-refractivity contribution in [3.63, 3.8) is 0 Å². The van der Waals surface area contributed by atoms with E-state index in [4.69, 9.17) is 14.9 Å². The van der Waals surface area contributed by atoms with Crippen molar-refractivity contribution in [3.8, 4) is 0 Å². The zero-order valence-corrected chi connectivity index (χ0v) is 23.0. The number of carboxylic acid groups (broad SMARTS) is 1. The monoisotopic (exact) mass is 548 g/mol. The molecule has 210 valence electrons. The molecule has 5 rings (SSSR count). The van der Waals surface area contributed by atoms with Crippen molar-refractivity contribution in [2.45, 2.75) is 19.9 Å². The van der Waals surface area contributed by atoms with Crippen LogP contribution in [0, 0.1) is 12.7 Å². The normalized spacial score (nSPS) is 14.2. The van der Waals surface area contributed by atoms with Crippen LogP contribution < -0.4 is 10.2 Å². The van der Waals surface area contributed by atoms with Crippen molar-refractivity contribution >= 4 is 46.0 Å². The van der Waals surface area contributed by atoms with Crippen LogP contribution in [0.4, 0.5) is 16.0 Å². The van der Waals surface area contributed by atoms with Gasteiger partial charge in [0, 0.05) is 48.9 Å². The highest BCUT2D eigenvalue weighted by Gasteiger charge is 2.26. The van der Waals surface area contributed by atoms with E-state index in [0.717, 1.165) is 22.3 Å². The summed E-state index contributed by atoms with van der Waals surface area (Å²) in [6.07, 6.45) is 3.24. The van der Waals surface area contributed by atoms with Gasteiger partial charge in [-0.15, -0.1) is 0 Å². The zero-order chi connectivity index (χ0) is 28.8. The van der Waals surface area contributed by atoms with Crippen molar-refractivity contribution < 1.29 is 19.1 Å². The molecule has 1 amide bonds. The van der Waals surface area contributed by atoms with Crippen molar-refractivity contribution in [1.29, 1.82) is 0 Å². The molecule has 1 aliphatic heterocycles. The van der Waals surface area contributed by atoms with E-state index >= 15 is 0 Å². The lowest BCUT2D eigenvalue weighted by atomic mass is 10.0. The molecule has 40 heavy (non-hydrogen) atoms. The molecular formula is C28H33FN8O3. The number of halogens is 1. The lowest BCUT2D eigenvalue weighted by Gasteiger charge is -2.37. The number of piperazine rings is 1. The van der Waals surface area contributed by atoms with Crippen molar-refractivity contribution in [2.75, 3.05) is 57.0 Å². The molecule has 1 atom stereocenters. The molecule has 0 unspecified atom stereocenters. The van der Waals surface area contributed by atoms with Gasteiger partial charge in [0.15, 0.2) is 5.82 Å². The van der Waals surface area contributed by atoms with Gasteiger partial charge in [0.2, 0.25) is 5.91 Å². The SMILES string of the molecule is Cc1c(F)ccc2cc([C@H](C)Nc3ncnc4cccnc34)c(N3CCN(C(=O)CN(C)C)CC3)nc12.O=CO. The summed E-state index contributed by atoms with van der Waals surface area (Å²) in [4.78, 5) is 45.1. The van der Waals surface area contributed by atoms with Crippen LogP contribution in [-0.2, 0) is 9.59 Å². The van der Waals surface area contributed by atoms with Gasteiger partial charge in [0.25, 0.3) is 6.47 Å². The summed E-state index contributed by atoms with van der Waals surface area (Å²) >= 11 is 0. The fraction of sp³-hybridized carbons (Fsp3) is 0.357. The number of fused-ring (bicyclic) bond motifs is 2. The average Bonchev–Trinajstić information content (AvgIpc) is 2.95. The Kier molecular flexibility index (Phi) is 9.00. The highest BCUT2D eigenvalue weighted by molar-refractivity contribution is 5.87. The van der Waals surface area contributed by atoms with Gasteiger partial charge >= 0.3 is 0 Å². The number of aryl methyl sites for hydroxylation is 1. The number of pyridine rings is 2. The van der Waals surface area contributed by atoms with Crippen LogP contribution >= 0.6 is 0 Å². The summed E-state index contributed by atoms with van der Waals surface area (Å²) in [5, 5.41) is 11.3. The number of rotatable bonds is 6. The first-order valence-electron chi connectivity index (χ1n) is 12.9. The highest BCUT2D eigenvalue weighted by Crippen LogP contribution is 2.33. The fourth-order valence-electron chi connectivity index (χ4n) is 4.76. The van der Waals surface area contributed by atoms with E-state index < -0.39 is 0 Å². The minimum Gasteiger partial charge on any atom is -0.483 e. The first kappa shape index (κ1) is 28.6. The maximum absolute atomic E-state index is 14.4. The molecule has 1 aliphatic rings. The van der Waals surface area contributed by atoms with E-state index in [0.29, 0.717) is 55.1 Å². The van der Waals surface area contributed by atoms with Crippen LogP contribution in [0.1, 0.15) is 24.1 Å². The second kappa shape index (κ2) is 12.6. The Morgan fingerprint density at radius 3 is 2.58 bits per heavy atom. The number of hydrogen-bond donors (Lipinski definition) is 2. The second-order valence-corrected chi connectivity index (χ2v) is 9.82. The molecule has 0 radical (unpaired) electrons. The standard InChI is InChI=1S/C27H31FN8O.CH2O2/c1-17-21(28)8-7-19-14-20(18(2)32-26-25-22(30-16-31-26)6-5-9-29-25)27(33-24(17)19)36-12-10-35(11-13-36)23(37)15-34(3)4;2-1-3/h5-9,14,16,18H,10-13,15H2,1-4H3,(H,30,31,32);1H,(H,2,3)/t18-;/m0./s1. The molecule has 12 heteroatoms. The smallest absolute Gasteiger partial charge is 0.290 e. The molecule has 4 aromatic rings. The highest BCUT2D eigenvalue weighted by atomic mass is 19.1. The maximum Gasteiger partial charge on any atom is 0.290 e. The van der Waals surface area contributed by atoms with E-state index in [1.807, 2.05) is 36.0 Å². The van der Waals surface area contributed by atoms with Gasteiger partial charge in [-0.25, -0.2) is 19.3 Å². The summed E-state index contributed by atoms with van der Waals surface area (Å²) in [5.74, 6) is 1.26. The van der Waals surface area contributed by atoms with Gasteiger partial charge in [-0.05, 0) is 58.3 Å². The fourth-order valence-corrected chi connectivity index (χ4v) is 4.76. The Hall–Kier alpha value is -4.45. The number of nitrogens with one attached hydrogen (secondary N) is 1. The molecule has 0 bridgehead atoms. The molecule has 4 heterocycles. The number of amides is 1. The van der Waals surface area contributed by atoms with Crippen molar-refractivity contribution in [2.24, 2.45) is 0 Å². The number of anilines is 2. The molecule has 2 N–H and O–H groups in total. The predicted octanol–water partition coefficient (Wildman–Crippen LogP) is 3.10. The summed E-state index contributed by atoms with van der Waals surface area (Å²) in [5.41, 5.74) is 3.59. The van der Waals surface area contributed by atoms with Crippen LogP contribution in [0.25, 0.3) is 21.9 Å². The summed E-state index contributed by atoms with van der Waals surface area (Å²) < 4.78 is 14.4. The van der Waals surface area contributed by atoms with Crippen molar-refractivity contribution in [1.82, 2.24) is 29.7 Å². The second-order valence-electron chi connectivity index (χ2n) is 9.82. The Morgan fingerprint density at radius 2 is 1.88 bits per heavy atom. The molecule has 0 saturated carbocycles.